The van der Waals surface area contributed by atoms with Crippen molar-refractivity contribution in [3.8, 4) is 0 Å². The van der Waals surface area contributed by atoms with E-state index in [0.29, 0.717) is 6.61 Å². The molecule has 0 unspecified atom stereocenters. The first-order valence-corrected chi connectivity index (χ1v) is 10.5. The van der Waals surface area contributed by atoms with E-state index in [2.05, 4.69) is 6.92 Å². The van der Waals surface area contributed by atoms with Gasteiger partial charge in [-0.2, -0.15) is 0 Å². The first kappa shape index (κ1) is 24.9. The second kappa shape index (κ2) is 12.5. The maximum absolute atomic E-state index is 10.1. The maximum Gasteiger partial charge on any atom is 0.186 e. The Morgan fingerprint density at radius 2 is 1.21 bits per heavy atom. The standard InChI is InChI=1S/C19H36O10/c1-2-3-4-5-6-7-8-26-18-17(25)15(23)14(22)12(29-18)10-27-19-16(24)13(21)11(9-20)28-19/h11-25H,2-10H2,1H3/t11-,12-,13-,14-,15+,16+,17-,18-,19+/m1/s1. The highest BCUT2D eigenvalue weighted by Crippen LogP contribution is 2.26. The van der Waals surface area contributed by atoms with Gasteiger partial charge < -0.3 is 49.6 Å². The van der Waals surface area contributed by atoms with E-state index in [1.807, 2.05) is 0 Å². The molecule has 10 nitrogen and oxygen atoms in total. The Balaban J connectivity index is 1.77. The van der Waals surface area contributed by atoms with Crippen molar-refractivity contribution in [1.82, 2.24) is 0 Å². The molecule has 0 radical (unpaired) electrons. The van der Waals surface area contributed by atoms with Crippen molar-refractivity contribution < 1.29 is 49.6 Å². The Bertz CT molecular complexity index is 453. The molecule has 0 aromatic heterocycles. The number of rotatable bonds is 12. The van der Waals surface area contributed by atoms with Crippen LogP contribution in [0.15, 0.2) is 0 Å². The summed E-state index contributed by atoms with van der Waals surface area (Å²) in [5.41, 5.74) is 0. The van der Waals surface area contributed by atoms with E-state index in [-0.39, 0.29) is 6.61 Å². The Hall–Kier alpha value is -0.400. The normalized spacial score (nSPS) is 40.4. The fourth-order valence-electron chi connectivity index (χ4n) is 3.47. The van der Waals surface area contributed by atoms with Gasteiger partial charge in [-0.1, -0.05) is 39.0 Å². The second-order valence-electron chi connectivity index (χ2n) is 7.69. The molecule has 0 amide bonds. The number of aliphatic hydroxyl groups is 6. The van der Waals surface area contributed by atoms with Gasteiger partial charge in [-0.15, -0.1) is 0 Å². The van der Waals surface area contributed by atoms with Crippen molar-refractivity contribution in [3.05, 3.63) is 0 Å². The average molecular weight is 424 g/mol. The SMILES string of the molecule is CCCCCCCCO[C@@H]1O[C@H](CO[C@H]2O[C@H](CO)[C@@H](O)[C@@H]2O)[C@@H](O)[C@H](O)[C@H]1O. The summed E-state index contributed by atoms with van der Waals surface area (Å²) < 4.78 is 21.7. The molecule has 0 aliphatic carbocycles. The van der Waals surface area contributed by atoms with Gasteiger partial charge in [0, 0.05) is 6.61 Å². The summed E-state index contributed by atoms with van der Waals surface area (Å²) in [6.07, 6.45) is -4.93. The average Bonchev–Trinajstić information content (AvgIpc) is 3.00. The highest BCUT2D eigenvalue weighted by Gasteiger charge is 2.47. The summed E-state index contributed by atoms with van der Waals surface area (Å²) in [5.74, 6) is 0. The van der Waals surface area contributed by atoms with Gasteiger partial charge in [0.15, 0.2) is 12.6 Å². The van der Waals surface area contributed by atoms with Crippen molar-refractivity contribution in [2.75, 3.05) is 19.8 Å². The third-order valence-corrected chi connectivity index (χ3v) is 5.37. The lowest BCUT2D eigenvalue weighted by molar-refractivity contribution is -0.310. The smallest absolute Gasteiger partial charge is 0.186 e. The van der Waals surface area contributed by atoms with Crippen LogP contribution in [0, 0.1) is 0 Å². The molecule has 2 aliphatic heterocycles. The zero-order valence-electron chi connectivity index (χ0n) is 16.9. The molecule has 0 aromatic carbocycles. The Morgan fingerprint density at radius 3 is 1.86 bits per heavy atom. The predicted molar refractivity (Wildman–Crippen MR) is 99.7 cm³/mol. The molecule has 29 heavy (non-hydrogen) atoms. The van der Waals surface area contributed by atoms with E-state index >= 15 is 0 Å². The molecule has 6 N–H and O–H groups in total. The first-order valence-electron chi connectivity index (χ1n) is 10.5. The summed E-state index contributed by atoms with van der Waals surface area (Å²) >= 11 is 0. The van der Waals surface area contributed by atoms with Gasteiger partial charge in [-0.05, 0) is 6.42 Å². The van der Waals surface area contributed by atoms with Crippen LogP contribution in [0.3, 0.4) is 0 Å². The van der Waals surface area contributed by atoms with E-state index in [1.165, 1.54) is 19.3 Å². The molecule has 2 saturated heterocycles. The van der Waals surface area contributed by atoms with E-state index in [9.17, 15) is 25.5 Å². The van der Waals surface area contributed by atoms with Gasteiger partial charge in [-0.3, -0.25) is 0 Å². The van der Waals surface area contributed by atoms with E-state index in [4.69, 9.17) is 24.1 Å². The van der Waals surface area contributed by atoms with Gasteiger partial charge in [0.1, 0.15) is 42.7 Å². The molecule has 2 fully saturated rings. The first-order chi connectivity index (χ1) is 13.9. The monoisotopic (exact) mass is 424 g/mol. The largest absolute Gasteiger partial charge is 0.394 e. The lowest BCUT2D eigenvalue weighted by Crippen LogP contribution is -2.59. The zero-order valence-corrected chi connectivity index (χ0v) is 16.9. The molecule has 2 aliphatic rings. The summed E-state index contributed by atoms with van der Waals surface area (Å²) in [4.78, 5) is 0. The summed E-state index contributed by atoms with van der Waals surface area (Å²) in [6.45, 7) is 1.73. The van der Waals surface area contributed by atoms with E-state index in [1.54, 1.807) is 0 Å². The molecular weight excluding hydrogens is 388 g/mol. The van der Waals surface area contributed by atoms with Gasteiger partial charge in [0.05, 0.1) is 13.2 Å². The van der Waals surface area contributed by atoms with Crippen LogP contribution in [0.2, 0.25) is 0 Å². The Kier molecular flexibility index (Phi) is 10.7. The summed E-state index contributed by atoms with van der Waals surface area (Å²) in [5, 5.41) is 59.1. The number of hydrogen-bond donors (Lipinski definition) is 6. The van der Waals surface area contributed by atoms with Crippen LogP contribution < -0.4 is 0 Å². The maximum atomic E-state index is 10.1. The molecule has 0 spiro atoms. The van der Waals surface area contributed by atoms with Gasteiger partial charge in [0.25, 0.3) is 0 Å². The van der Waals surface area contributed by atoms with Crippen LogP contribution in [0.4, 0.5) is 0 Å². The molecule has 2 heterocycles. The third kappa shape index (κ3) is 6.79. The molecule has 9 atom stereocenters. The number of ether oxygens (including phenoxy) is 4. The highest BCUT2D eigenvalue weighted by molar-refractivity contribution is 4.90. The van der Waals surface area contributed by atoms with Crippen LogP contribution >= 0.6 is 0 Å². The van der Waals surface area contributed by atoms with Crippen molar-refractivity contribution in [2.24, 2.45) is 0 Å². The minimum Gasteiger partial charge on any atom is -0.394 e. The van der Waals surface area contributed by atoms with Gasteiger partial charge in [-0.25, -0.2) is 0 Å². The molecule has 10 heteroatoms. The fourth-order valence-corrected chi connectivity index (χ4v) is 3.47. The van der Waals surface area contributed by atoms with Crippen LogP contribution in [0.5, 0.6) is 0 Å². The Morgan fingerprint density at radius 1 is 0.655 bits per heavy atom. The van der Waals surface area contributed by atoms with Crippen molar-refractivity contribution in [1.29, 1.82) is 0 Å². The second-order valence-corrected chi connectivity index (χ2v) is 7.69. The zero-order chi connectivity index (χ0) is 21.4. The van der Waals surface area contributed by atoms with E-state index < -0.39 is 61.9 Å². The number of aliphatic hydroxyl groups excluding tert-OH is 6. The minimum absolute atomic E-state index is 0.283. The van der Waals surface area contributed by atoms with Crippen molar-refractivity contribution in [2.45, 2.75) is 101 Å². The molecule has 2 rings (SSSR count). The minimum atomic E-state index is -1.49. The molecule has 0 aromatic rings. The van der Waals surface area contributed by atoms with Crippen molar-refractivity contribution in [3.63, 3.8) is 0 Å². The van der Waals surface area contributed by atoms with Crippen LogP contribution in [-0.2, 0) is 18.9 Å². The number of hydrogen-bond acceptors (Lipinski definition) is 10. The quantitative estimate of drug-likeness (QED) is 0.206. The number of unbranched alkanes of at least 4 members (excludes halogenated alkanes) is 5. The molecular formula is C19H36O10. The molecule has 0 bridgehead atoms. The fraction of sp³-hybridized carbons (Fsp3) is 1.00. The Labute approximate surface area is 171 Å². The van der Waals surface area contributed by atoms with Crippen LogP contribution in [0.1, 0.15) is 45.4 Å². The third-order valence-electron chi connectivity index (χ3n) is 5.37. The summed E-state index contributed by atoms with van der Waals surface area (Å²) in [6, 6.07) is 0. The lowest BCUT2D eigenvalue weighted by Gasteiger charge is -2.40. The van der Waals surface area contributed by atoms with Crippen LogP contribution in [0.25, 0.3) is 0 Å². The predicted octanol–water partition coefficient (Wildman–Crippen LogP) is -1.37. The van der Waals surface area contributed by atoms with Gasteiger partial charge in [0.2, 0.25) is 0 Å². The highest BCUT2D eigenvalue weighted by atomic mass is 16.7. The van der Waals surface area contributed by atoms with Crippen LogP contribution in [-0.4, -0.2) is 106 Å². The summed E-state index contributed by atoms with van der Waals surface area (Å²) in [7, 11) is 0. The topological polar surface area (TPSA) is 158 Å². The molecule has 0 saturated carbocycles. The van der Waals surface area contributed by atoms with Gasteiger partial charge >= 0.3 is 0 Å². The molecule has 172 valence electrons. The van der Waals surface area contributed by atoms with Crippen molar-refractivity contribution >= 4 is 0 Å². The van der Waals surface area contributed by atoms with E-state index in [0.717, 1.165) is 19.3 Å². The lowest BCUT2D eigenvalue weighted by atomic mass is 9.99.